The number of aromatic carboxylic acids is 1. The Balaban J connectivity index is 2.45. The quantitative estimate of drug-likeness (QED) is 0.829. The third kappa shape index (κ3) is 1.85. The van der Waals surface area contributed by atoms with Crippen LogP contribution in [-0.2, 0) is 24.2 Å². The summed E-state index contributed by atoms with van der Waals surface area (Å²) in [5, 5.41) is 9.03. The van der Waals surface area contributed by atoms with E-state index in [0.29, 0.717) is 5.82 Å². The molecule has 16 heavy (non-hydrogen) atoms. The van der Waals surface area contributed by atoms with Crippen LogP contribution in [0.4, 0.5) is 0 Å². The monoisotopic (exact) mass is 222 g/mol. The maximum atomic E-state index is 11.1. The van der Waals surface area contributed by atoms with Gasteiger partial charge in [-0.2, -0.15) is 0 Å². The molecule has 0 atom stereocenters. The molecule has 0 amide bonds. The molecule has 0 saturated heterocycles. The molecule has 1 aliphatic rings. The molecule has 0 aromatic carbocycles. The van der Waals surface area contributed by atoms with Gasteiger partial charge in [0, 0.05) is 6.54 Å². The van der Waals surface area contributed by atoms with Gasteiger partial charge in [0.1, 0.15) is 11.6 Å². The number of rotatable bonds is 3. The van der Waals surface area contributed by atoms with Gasteiger partial charge in [-0.3, -0.25) is 4.79 Å². The number of imidazole rings is 1. The number of Topliss-reactive ketones (excluding diaryl/α,β-unsaturated/α-hetero) is 1. The van der Waals surface area contributed by atoms with Crippen LogP contribution in [0.15, 0.2) is 0 Å². The van der Waals surface area contributed by atoms with E-state index in [4.69, 9.17) is 5.11 Å². The van der Waals surface area contributed by atoms with Gasteiger partial charge >= 0.3 is 5.97 Å². The molecule has 1 N–H and O–H groups in total. The van der Waals surface area contributed by atoms with E-state index < -0.39 is 5.97 Å². The minimum atomic E-state index is -1.000. The van der Waals surface area contributed by atoms with Gasteiger partial charge in [0.15, 0.2) is 5.69 Å². The Morgan fingerprint density at radius 3 is 2.81 bits per heavy atom. The van der Waals surface area contributed by atoms with E-state index in [1.807, 2.05) is 4.57 Å². The van der Waals surface area contributed by atoms with Crippen molar-refractivity contribution in [3.05, 3.63) is 17.2 Å². The lowest BCUT2D eigenvalue weighted by Gasteiger charge is -2.16. The fourth-order valence-corrected chi connectivity index (χ4v) is 2.15. The van der Waals surface area contributed by atoms with Gasteiger partial charge in [-0.25, -0.2) is 9.78 Å². The van der Waals surface area contributed by atoms with Crippen molar-refractivity contribution in [3.8, 4) is 0 Å². The largest absolute Gasteiger partial charge is 0.476 e. The maximum absolute atomic E-state index is 11.1. The number of hydrogen-bond donors (Lipinski definition) is 1. The molecule has 0 aliphatic carbocycles. The second-order valence-corrected chi connectivity index (χ2v) is 4.12. The molecule has 5 heteroatoms. The Morgan fingerprint density at radius 2 is 2.19 bits per heavy atom. The second-order valence-electron chi connectivity index (χ2n) is 4.12. The first kappa shape index (κ1) is 10.9. The first-order valence-corrected chi connectivity index (χ1v) is 5.40. The molecule has 0 bridgehead atoms. The third-order valence-corrected chi connectivity index (χ3v) is 2.81. The van der Waals surface area contributed by atoms with Gasteiger partial charge < -0.3 is 9.67 Å². The van der Waals surface area contributed by atoms with E-state index in [0.717, 1.165) is 31.5 Å². The number of hydrogen-bond acceptors (Lipinski definition) is 3. The number of carboxylic acids is 1. The highest BCUT2D eigenvalue weighted by atomic mass is 16.4. The zero-order valence-electron chi connectivity index (χ0n) is 9.19. The number of carboxylic acid groups (broad SMARTS) is 1. The standard InChI is InChI=1S/C11H14N2O3/c1-7(14)6-9-12-10(11(15)16)8-4-2-3-5-13(8)9/h2-6H2,1H3,(H,15,16). The van der Waals surface area contributed by atoms with E-state index in [2.05, 4.69) is 4.98 Å². The predicted molar refractivity (Wildman–Crippen MR) is 56.5 cm³/mol. The highest BCUT2D eigenvalue weighted by molar-refractivity contribution is 5.87. The number of aromatic nitrogens is 2. The summed E-state index contributed by atoms with van der Waals surface area (Å²) in [5.74, 6) is -0.393. The normalized spacial score (nSPS) is 14.6. The number of carbonyl (C=O) groups is 2. The Labute approximate surface area is 93.1 Å². The van der Waals surface area contributed by atoms with Crippen LogP contribution in [0.5, 0.6) is 0 Å². The van der Waals surface area contributed by atoms with Gasteiger partial charge in [-0.15, -0.1) is 0 Å². The van der Waals surface area contributed by atoms with Gasteiger partial charge in [-0.1, -0.05) is 0 Å². The molecule has 1 aromatic rings. The van der Waals surface area contributed by atoms with Gasteiger partial charge in [-0.05, 0) is 26.2 Å². The fourth-order valence-electron chi connectivity index (χ4n) is 2.15. The summed E-state index contributed by atoms with van der Waals surface area (Å²) < 4.78 is 1.90. The van der Waals surface area contributed by atoms with Crippen LogP contribution in [-0.4, -0.2) is 26.4 Å². The van der Waals surface area contributed by atoms with Crippen molar-refractivity contribution in [1.82, 2.24) is 9.55 Å². The van der Waals surface area contributed by atoms with Gasteiger partial charge in [0.05, 0.1) is 12.1 Å². The SMILES string of the molecule is CC(=O)Cc1nc(C(=O)O)c2n1CCCC2. The van der Waals surface area contributed by atoms with E-state index in [1.165, 1.54) is 6.92 Å². The van der Waals surface area contributed by atoms with Crippen molar-refractivity contribution in [1.29, 1.82) is 0 Å². The number of carbonyl (C=O) groups excluding carboxylic acids is 1. The highest BCUT2D eigenvalue weighted by Gasteiger charge is 2.24. The summed E-state index contributed by atoms with van der Waals surface area (Å²) in [6.45, 7) is 2.27. The van der Waals surface area contributed by atoms with Crippen LogP contribution in [0.1, 0.15) is 41.8 Å². The molecule has 86 valence electrons. The van der Waals surface area contributed by atoms with Crippen molar-refractivity contribution >= 4 is 11.8 Å². The Kier molecular flexibility index (Phi) is 2.77. The average molecular weight is 222 g/mol. The van der Waals surface area contributed by atoms with Gasteiger partial charge in [0.25, 0.3) is 0 Å². The molecular formula is C11H14N2O3. The van der Waals surface area contributed by atoms with Crippen molar-refractivity contribution in [2.24, 2.45) is 0 Å². The molecule has 0 radical (unpaired) electrons. The van der Waals surface area contributed by atoms with Crippen LogP contribution in [0, 0.1) is 0 Å². The van der Waals surface area contributed by atoms with E-state index >= 15 is 0 Å². The highest BCUT2D eigenvalue weighted by Crippen LogP contribution is 2.21. The van der Waals surface area contributed by atoms with E-state index in [1.54, 1.807) is 0 Å². The van der Waals surface area contributed by atoms with Crippen molar-refractivity contribution in [3.63, 3.8) is 0 Å². The van der Waals surface area contributed by atoms with Gasteiger partial charge in [0.2, 0.25) is 0 Å². The summed E-state index contributed by atoms with van der Waals surface area (Å²) >= 11 is 0. The molecule has 2 heterocycles. The lowest BCUT2D eigenvalue weighted by atomic mass is 10.1. The summed E-state index contributed by atoms with van der Waals surface area (Å²) in [4.78, 5) is 26.2. The summed E-state index contributed by atoms with van der Waals surface area (Å²) in [7, 11) is 0. The lowest BCUT2D eigenvalue weighted by Crippen LogP contribution is -2.15. The molecule has 0 unspecified atom stereocenters. The third-order valence-electron chi connectivity index (χ3n) is 2.81. The van der Waals surface area contributed by atoms with Crippen LogP contribution in [0.3, 0.4) is 0 Å². The molecule has 5 nitrogen and oxygen atoms in total. The van der Waals surface area contributed by atoms with Crippen LogP contribution in [0.2, 0.25) is 0 Å². The lowest BCUT2D eigenvalue weighted by molar-refractivity contribution is -0.116. The zero-order valence-corrected chi connectivity index (χ0v) is 9.19. The molecule has 1 aliphatic heterocycles. The molecule has 0 saturated carbocycles. The number of ketones is 1. The second kappa shape index (κ2) is 4.08. The summed E-state index contributed by atoms with van der Waals surface area (Å²) in [6.07, 6.45) is 2.98. The smallest absolute Gasteiger partial charge is 0.356 e. The fraction of sp³-hybridized carbons (Fsp3) is 0.545. The van der Waals surface area contributed by atoms with Crippen molar-refractivity contribution in [2.45, 2.75) is 39.2 Å². The van der Waals surface area contributed by atoms with Crippen molar-refractivity contribution in [2.75, 3.05) is 0 Å². The molecule has 0 fully saturated rings. The van der Waals surface area contributed by atoms with Crippen LogP contribution < -0.4 is 0 Å². The Bertz CT molecular complexity index is 448. The van der Waals surface area contributed by atoms with Crippen LogP contribution >= 0.6 is 0 Å². The summed E-state index contributed by atoms with van der Waals surface area (Å²) in [5.41, 5.74) is 0.894. The topological polar surface area (TPSA) is 72.2 Å². The first-order valence-electron chi connectivity index (χ1n) is 5.40. The van der Waals surface area contributed by atoms with E-state index in [9.17, 15) is 9.59 Å². The molecule has 0 spiro atoms. The number of nitrogens with zero attached hydrogens (tertiary/aromatic N) is 2. The average Bonchev–Trinajstić information content (AvgIpc) is 2.57. The minimum Gasteiger partial charge on any atom is -0.476 e. The first-order chi connectivity index (χ1) is 7.59. The van der Waals surface area contributed by atoms with E-state index in [-0.39, 0.29) is 17.9 Å². The molecule has 2 rings (SSSR count). The Hall–Kier alpha value is -1.65. The number of fused-ring (bicyclic) bond motifs is 1. The minimum absolute atomic E-state index is 0.00955. The zero-order chi connectivity index (χ0) is 11.7. The maximum Gasteiger partial charge on any atom is 0.356 e. The molecule has 1 aromatic heterocycles. The Morgan fingerprint density at radius 1 is 1.44 bits per heavy atom. The molecular weight excluding hydrogens is 208 g/mol. The van der Waals surface area contributed by atoms with Crippen molar-refractivity contribution < 1.29 is 14.7 Å². The van der Waals surface area contributed by atoms with Crippen LogP contribution in [0.25, 0.3) is 0 Å². The summed E-state index contributed by atoms with van der Waals surface area (Å²) in [6, 6.07) is 0. The predicted octanol–water partition coefficient (Wildman–Crippen LogP) is 1.05.